The number of ether oxygens (including phenoxy) is 1. The van der Waals surface area contributed by atoms with E-state index < -0.39 is 0 Å². The summed E-state index contributed by atoms with van der Waals surface area (Å²) in [5, 5.41) is 0.230. The van der Waals surface area contributed by atoms with Crippen molar-refractivity contribution in [2.75, 3.05) is 0 Å². The van der Waals surface area contributed by atoms with Crippen LogP contribution >= 0.6 is 46.4 Å². The second-order valence-corrected chi connectivity index (χ2v) is 11.1. The zero-order valence-electron chi connectivity index (χ0n) is 22.8. The number of benzene rings is 4. The molecule has 0 fully saturated rings. The predicted octanol–water partition coefficient (Wildman–Crippen LogP) is 11.1. The summed E-state index contributed by atoms with van der Waals surface area (Å²) in [6.45, 7) is 7.42. The van der Waals surface area contributed by atoms with Crippen LogP contribution in [-0.2, 0) is 0 Å². The minimum absolute atomic E-state index is 0.0519. The molecule has 0 radical (unpaired) electrons. The Labute approximate surface area is 260 Å². The van der Waals surface area contributed by atoms with Gasteiger partial charge < -0.3 is 4.74 Å². The number of carbonyl (C=O) groups is 2. The molecule has 7 heteroatoms. The van der Waals surface area contributed by atoms with Gasteiger partial charge in [-0.25, -0.2) is 0 Å². The quantitative estimate of drug-likeness (QED) is 0.145. The van der Waals surface area contributed by atoms with Crippen molar-refractivity contribution in [3.05, 3.63) is 137 Å². The lowest BCUT2D eigenvalue weighted by atomic mass is 10.0. The van der Waals surface area contributed by atoms with E-state index in [1.54, 1.807) is 38.1 Å². The first kappa shape index (κ1) is 30.6. The molecule has 4 rings (SSSR count). The Kier molecular flexibility index (Phi) is 9.78. The van der Waals surface area contributed by atoms with Crippen LogP contribution in [0.15, 0.2) is 72.8 Å². The third-order valence-corrected chi connectivity index (χ3v) is 8.36. The minimum atomic E-state index is -0.289. The molecule has 208 valence electrons. The maximum Gasteiger partial charge on any atom is 0.187 e. The van der Waals surface area contributed by atoms with Gasteiger partial charge in [0.15, 0.2) is 11.6 Å². The van der Waals surface area contributed by atoms with Crippen molar-refractivity contribution in [1.82, 2.24) is 0 Å². The van der Waals surface area contributed by atoms with Crippen LogP contribution in [0.5, 0.6) is 11.5 Å². The van der Waals surface area contributed by atoms with Crippen LogP contribution in [0.3, 0.4) is 0 Å². The molecule has 41 heavy (non-hydrogen) atoms. The topological polar surface area (TPSA) is 43.4 Å². The highest BCUT2D eigenvalue weighted by molar-refractivity contribution is 6.46. The maximum atomic E-state index is 13.1. The van der Waals surface area contributed by atoms with Gasteiger partial charge in [-0.3, -0.25) is 9.59 Å². The summed E-state index contributed by atoms with van der Waals surface area (Å²) >= 11 is 26.3. The highest BCUT2D eigenvalue weighted by Crippen LogP contribution is 2.44. The number of hydrogen-bond donors (Lipinski definition) is 0. The van der Waals surface area contributed by atoms with E-state index in [0.717, 1.165) is 22.3 Å². The normalized spacial score (nSPS) is 11.4. The van der Waals surface area contributed by atoms with E-state index in [2.05, 4.69) is 0 Å². The zero-order valence-corrected chi connectivity index (χ0v) is 25.8. The van der Waals surface area contributed by atoms with Gasteiger partial charge >= 0.3 is 0 Å². The highest BCUT2D eigenvalue weighted by atomic mass is 35.5. The summed E-state index contributed by atoms with van der Waals surface area (Å²) in [5.41, 5.74) is 5.63. The average Bonchev–Trinajstić information content (AvgIpc) is 2.93. The minimum Gasteiger partial charge on any atom is -0.454 e. The van der Waals surface area contributed by atoms with Gasteiger partial charge in [-0.2, -0.15) is 0 Å². The molecular weight excluding hydrogens is 598 g/mol. The Morgan fingerprint density at radius 3 is 1.29 bits per heavy atom. The number of allylic oxidation sites excluding steroid dienone is 2. The average molecular weight is 624 g/mol. The molecule has 3 nitrogen and oxygen atoms in total. The van der Waals surface area contributed by atoms with Gasteiger partial charge in [-0.05, 0) is 85.4 Å². The van der Waals surface area contributed by atoms with Crippen LogP contribution in [0.2, 0.25) is 20.1 Å². The van der Waals surface area contributed by atoms with Crippen LogP contribution in [-0.4, -0.2) is 11.6 Å². The molecule has 4 aromatic carbocycles. The fourth-order valence-corrected chi connectivity index (χ4v) is 5.41. The Balaban J connectivity index is 1.62. The Morgan fingerprint density at radius 1 is 0.561 bits per heavy atom. The molecule has 0 heterocycles. The molecule has 0 unspecified atom stereocenters. The maximum absolute atomic E-state index is 13.1. The standard InChI is InChI=1S/C34H26Cl4O3/c1-19-9-5-7-11-23(19)13-15-25(39)29-21(3)17-27(31(35)33(29)37)41-28-18-22(4)30(34(38)32(28)36)26(40)16-14-24-12-8-6-10-20(24)2/h5-18H,1-4H3. The van der Waals surface area contributed by atoms with Crippen LogP contribution < -0.4 is 4.74 Å². The van der Waals surface area contributed by atoms with Crippen molar-refractivity contribution in [3.63, 3.8) is 0 Å². The van der Waals surface area contributed by atoms with Crippen molar-refractivity contribution in [2.24, 2.45) is 0 Å². The number of ketones is 2. The third-order valence-electron chi connectivity index (χ3n) is 6.66. The SMILES string of the molecule is Cc1ccccc1C=CC(=O)c1c(C)cc(Oc2cc(C)c(C(=O)C=Cc3ccccc3C)c(Cl)c2Cl)c(Cl)c1Cl. The van der Waals surface area contributed by atoms with Crippen molar-refractivity contribution >= 4 is 70.1 Å². The lowest BCUT2D eigenvalue weighted by Crippen LogP contribution is -2.03. The summed E-state index contributed by atoms with van der Waals surface area (Å²) in [7, 11) is 0. The monoisotopic (exact) mass is 622 g/mol. The first-order chi connectivity index (χ1) is 19.5. The highest BCUT2D eigenvalue weighted by Gasteiger charge is 2.23. The predicted molar refractivity (Wildman–Crippen MR) is 172 cm³/mol. The molecule has 0 saturated heterocycles. The molecular formula is C34H26Cl4O3. The van der Waals surface area contributed by atoms with Crippen LogP contribution in [0.1, 0.15) is 54.1 Å². The fourth-order valence-electron chi connectivity index (χ4n) is 4.36. The second-order valence-electron chi connectivity index (χ2n) is 9.60. The summed E-state index contributed by atoms with van der Waals surface area (Å²) < 4.78 is 6.03. The number of rotatable bonds is 8. The van der Waals surface area contributed by atoms with E-state index in [1.807, 2.05) is 62.4 Å². The van der Waals surface area contributed by atoms with E-state index in [4.69, 9.17) is 51.1 Å². The van der Waals surface area contributed by atoms with Crippen molar-refractivity contribution in [1.29, 1.82) is 0 Å². The van der Waals surface area contributed by atoms with Crippen molar-refractivity contribution < 1.29 is 14.3 Å². The molecule has 0 bridgehead atoms. The molecule has 0 aliphatic carbocycles. The lowest BCUT2D eigenvalue weighted by molar-refractivity contribution is 0.103. The van der Waals surface area contributed by atoms with E-state index in [0.29, 0.717) is 11.1 Å². The molecule has 0 saturated carbocycles. The first-order valence-electron chi connectivity index (χ1n) is 12.7. The lowest BCUT2D eigenvalue weighted by Gasteiger charge is -2.16. The van der Waals surface area contributed by atoms with Gasteiger partial charge in [0.05, 0.1) is 10.0 Å². The van der Waals surface area contributed by atoms with E-state index >= 15 is 0 Å². The van der Waals surface area contributed by atoms with Crippen molar-refractivity contribution in [3.8, 4) is 11.5 Å². The van der Waals surface area contributed by atoms with Gasteiger partial charge in [-0.15, -0.1) is 0 Å². The smallest absolute Gasteiger partial charge is 0.187 e. The summed E-state index contributed by atoms with van der Waals surface area (Å²) in [5.74, 6) is -0.181. The van der Waals surface area contributed by atoms with Gasteiger partial charge in [0, 0.05) is 11.1 Å². The van der Waals surface area contributed by atoms with E-state index in [-0.39, 0.29) is 54.3 Å². The summed E-state index contributed by atoms with van der Waals surface area (Å²) in [6, 6.07) is 18.7. The largest absolute Gasteiger partial charge is 0.454 e. The van der Waals surface area contributed by atoms with Crippen LogP contribution in [0, 0.1) is 27.7 Å². The Morgan fingerprint density at radius 2 is 0.927 bits per heavy atom. The summed E-state index contributed by atoms with van der Waals surface area (Å²) in [4.78, 5) is 26.1. The van der Waals surface area contributed by atoms with E-state index in [1.165, 1.54) is 12.2 Å². The van der Waals surface area contributed by atoms with Crippen LogP contribution in [0.4, 0.5) is 0 Å². The van der Waals surface area contributed by atoms with E-state index in [9.17, 15) is 9.59 Å². The van der Waals surface area contributed by atoms with Crippen LogP contribution in [0.25, 0.3) is 12.2 Å². The number of aryl methyl sites for hydroxylation is 4. The number of hydrogen-bond acceptors (Lipinski definition) is 3. The van der Waals surface area contributed by atoms with Crippen molar-refractivity contribution in [2.45, 2.75) is 27.7 Å². The molecule has 0 aliphatic heterocycles. The second kappa shape index (κ2) is 13.1. The van der Waals surface area contributed by atoms with Gasteiger partial charge in [0.2, 0.25) is 0 Å². The Hall–Kier alpha value is -3.34. The molecule has 0 spiro atoms. The fraction of sp³-hybridized carbons (Fsp3) is 0.118. The third kappa shape index (κ3) is 6.77. The zero-order chi connectivity index (χ0) is 29.8. The molecule has 0 aliphatic rings. The molecule has 0 amide bonds. The molecule has 4 aromatic rings. The van der Waals surface area contributed by atoms with Gasteiger partial charge in [-0.1, -0.05) is 107 Å². The molecule has 0 aromatic heterocycles. The first-order valence-corrected chi connectivity index (χ1v) is 14.2. The number of halogens is 4. The molecule has 0 atom stereocenters. The van der Waals surface area contributed by atoms with Gasteiger partial charge in [0.25, 0.3) is 0 Å². The summed E-state index contributed by atoms with van der Waals surface area (Å²) in [6.07, 6.45) is 6.43. The Bertz CT molecular complexity index is 1610. The van der Waals surface area contributed by atoms with Gasteiger partial charge in [0.1, 0.15) is 21.5 Å². The molecule has 0 N–H and O–H groups in total. The number of carbonyl (C=O) groups excluding carboxylic acids is 2.